The summed E-state index contributed by atoms with van der Waals surface area (Å²) in [6.45, 7) is 0. The number of rotatable bonds is 4. The molecule has 0 atom stereocenters. The second-order valence-corrected chi connectivity index (χ2v) is 3.87. The number of methoxy groups -OCH3 is 1. The van der Waals surface area contributed by atoms with Crippen LogP contribution in [0.25, 0.3) is 12.2 Å². The molecule has 0 aliphatic carbocycles. The number of aromatic nitrogens is 1. The second kappa shape index (κ2) is 5.82. The van der Waals surface area contributed by atoms with Crippen LogP contribution >= 0.6 is 0 Å². The van der Waals surface area contributed by atoms with Gasteiger partial charge in [-0.1, -0.05) is 24.3 Å². The van der Waals surface area contributed by atoms with Crippen LogP contribution in [0.15, 0.2) is 42.7 Å². The zero-order valence-electron chi connectivity index (χ0n) is 10.4. The van der Waals surface area contributed by atoms with Gasteiger partial charge in [0.1, 0.15) is 5.75 Å². The molecule has 1 aromatic carbocycles. The van der Waals surface area contributed by atoms with Crippen molar-refractivity contribution in [1.82, 2.24) is 4.98 Å². The predicted octanol–water partition coefficient (Wildman–Crippen LogP) is 2.96. The van der Waals surface area contributed by atoms with Gasteiger partial charge in [0.25, 0.3) is 0 Å². The Bertz CT molecular complexity index is 603. The number of hydrogen-bond donors (Lipinski definition) is 1. The van der Waals surface area contributed by atoms with E-state index in [1.165, 1.54) is 18.5 Å². The summed E-state index contributed by atoms with van der Waals surface area (Å²) < 4.78 is 5.07. The molecule has 0 saturated carbocycles. The summed E-state index contributed by atoms with van der Waals surface area (Å²) in [4.78, 5) is 15.0. The molecular weight excluding hydrogens is 242 g/mol. The van der Waals surface area contributed by atoms with E-state index in [2.05, 4.69) is 4.98 Å². The van der Waals surface area contributed by atoms with E-state index < -0.39 is 5.97 Å². The Hall–Kier alpha value is -2.62. The molecular formula is C15H13NO3. The molecule has 4 heteroatoms. The van der Waals surface area contributed by atoms with Crippen LogP contribution in [0.2, 0.25) is 0 Å². The Balaban J connectivity index is 2.24. The number of benzene rings is 1. The summed E-state index contributed by atoms with van der Waals surface area (Å²) >= 11 is 0. The smallest absolute Gasteiger partial charge is 0.336 e. The van der Waals surface area contributed by atoms with E-state index in [-0.39, 0.29) is 5.56 Å². The van der Waals surface area contributed by atoms with E-state index in [0.29, 0.717) is 5.56 Å². The SMILES string of the molecule is COc1ccc(/C=C/c2cnccc2C(=O)O)cc1. The van der Waals surface area contributed by atoms with E-state index in [1.54, 1.807) is 13.2 Å². The fourth-order valence-corrected chi connectivity index (χ4v) is 1.64. The van der Waals surface area contributed by atoms with Crippen molar-refractivity contribution in [3.05, 3.63) is 59.4 Å². The second-order valence-electron chi connectivity index (χ2n) is 3.87. The Labute approximate surface area is 111 Å². The Kier molecular flexibility index (Phi) is 3.93. The minimum atomic E-state index is -0.961. The normalized spacial score (nSPS) is 10.6. The van der Waals surface area contributed by atoms with E-state index in [9.17, 15) is 4.79 Å². The Morgan fingerprint density at radius 1 is 1.21 bits per heavy atom. The topological polar surface area (TPSA) is 59.4 Å². The van der Waals surface area contributed by atoms with Crippen LogP contribution in [0.3, 0.4) is 0 Å². The molecule has 0 fully saturated rings. The lowest BCUT2D eigenvalue weighted by atomic mass is 10.1. The zero-order valence-corrected chi connectivity index (χ0v) is 10.4. The standard InChI is InChI=1S/C15H13NO3/c1-19-13-6-3-11(4-7-13)2-5-12-10-16-9-8-14(12)15(17)18/h2-10H,1H3,(H,17,18)/b5-2+. The quantitative estimate of drug-likeness (QED) is 0.912. The maximum atomic E-state index is 11.0. The first-order valence-electron chi connectivity index (χ1n) is 5.70. The number of pyridine rings is 1. The van der Waals surface area contributed by atoms with Crippen molar-refractivity contribution < 1.29 is 14.6 Å². The van der Waals surface area contributed by atoms with Crippen molar-refractivity contribution in [2.24, 2.45) is 0 Å². The average Bonchev–Trinajstić information content (AvgIpc) is 2.46. The van der Waals surface area contributed by atoms with Gasteiger partial charge < -0.3 is 9.84 Å². The molecule has 1 aromatic heterocycles. The molecule has 0 spiro atoms. The Morgan fingerprint density at radius 3 is 2.58 bits per heavy atom. The molecule has 0 bridgehead atoms. The van der Waals surface area contributed by atoms with Gasteiger partial charge in [0.2, 0.25) is 0 Å². The lowest BCUT2D eigenvalue weighted by molar-refractivity contribution is 0.0696. The highest BCUT2D eigenvalue weighted by Crippen LogP contribution is 2.15. The van der Waals surface area contributed by atoms with Crippen LogP contribution in [-0.4, -0.2) is 23.2 Å². The summed E-state index contributed by atoms with van der Waals surface area (Å²) in [6.07, 6.45) is 6.57. The monoisotopic (exact) mass is 255 g/mol. The summed E-state index contributed by atoms with van der Waals surface area (Å²) in [5.41, 5.74) is 1.77. The van der Waals surface area contributed by atoms with E-state index in [4.69, 9.17) is 9.84 Å². The highest BCUT2D eigenvalue weighted by atomic mass is 16.5. The summed E-state index contributed by atoms with van der Waals surface area (Å²) in [7, 11) is 1.61. The lowest BCUT2D eigenvalue weighted by Crippen LogP contribution is -1.99. The third kappa shape index (κ3) is 3.19. The lowest BCUT2D eigenvalue weighted by Gasteiger charge is -2.01. The average molecular weight is 255 g/mol. The summed E-state index contributed by atoms with van der Waals surface area (Å²) in [5, 5.41) is 9.05. The third-order valence-electron chi connectivity index (χ3n) is 2.65. The van der Waals surface area contributed by atoms with E-state index >= 15 is 0 Å². The summed E-state index contributed by atoms with van der Waals surface area (Å²) in [5.74, 6) is -0.179. The van der Waals surface area contributed by atoms with Crippen molar-refractivity contribution >= 4 is 18.1 Å². The molecule has 0 unspecified atom stereocenters. The minimum absolute atomic E-state index is 0.236. The van der Waals surface area contributed by atoms with Gasteiger partial charge in [0.15, 0.2) is 0 Å². The fraction of sp³-hybridized carbons (Fsp3) is 0.0667. The van der Waals surface area contributed by atoms with Crippen LogP contribution in [0.4, 0.5) is 0 Å². The number of ether oxygens (including phenoxy) is 1. The number of carboxylic acid groups (broad SMARTS) is 1. The van der Waals surface area contributed by atoms with Crippen LogP contribution in [-0.2, 0) is 0 Å². The third-order valence-corrected chi connectivity index (χ3v) is 2.65. The van der Waals surface area contributed by atoms with Gasteiger partial charge in [-0.3, -0.25) is 4.98 Å². The number of nitrogens with zero attached hydrogens (tertiary/aromatic N) is 1. The molecule has 0 aliphatic rings. The van der Waals surface area contributed by atoms with Crippen molar-refractivity contribution in [3.63, 3.8) is 0 Å². The number of hydrogen-bond acceptors (Lipinski definition) is 3. The molecule has 0 radical (unpaired) electrons. The number of carboxylic acids is 1. The zero-order chi connectivity index (χ0) is 13.7. The molecule has 96 valence electrons. The maximum Gasteiger partial charge on any atom is 0.336 e. The molecule has 19 heavy (non-hydrogen) atoms. The van der Waals surface area contributed by atoms with Gasteiger partial charge in [0.05, 0.1) is 12.7 Å². The van der Waals surface area contributed by atoms with Crippen LogP contribution in [0.5, 0.6) is 5.75 Å². The van der Waals surface area contributed by atoms with Crippen LogP contribution < -0.4 is 4.74 Å². The predicted molar refractivity (Wildman–Crippen MR) is 73.1 cm³/mol. The molecule has 0 saturated heterocycles. The highest BCUT2D eigenvalue weighted by Gasteiger charge is 2.06. The van der Waals surface area contributed by atoms with Gasteiger partial charge in [-0.15, -0.1) is 0 Å². The molecule has 0 aliphatic heterocycles. The fourth-order valence-electron chi connectivity index (χ4n) is 1.64. The van der Waals surface area contributed by atoms with Gasteiger partial charge in [-0.25, -0.2) is 4.79 Å². The van der Waals surface area contributed by atoms with Crippen molar-refractivity contribution in [1.29, 1.82) is 0 Å². The van der Waals surface area contributed by atoms with Crippen molar-refractivity contribution in [3.8, 4) is 5.75 Å². The first kappa shape index (κ1) is 12.8. The minimum Gasteiger partial charge on any atom is -0.497 e. The number of carbonyl (C=O) groups is 1. The molecule has 4 nitrogen and oxygen atoms in total. The number of aromatic carboxylic acids is 1. The molecule has 2 rings (SSSR count). The molecule has 0 amide bonds. The van der Waals surface area contributed by atoms with Crippen molar-refractivity contribution in [2.75, 3.05) is 7.11 Å². The first-order chi connectivity index (χ1) is 9.20. The van der Waals surface area contributed by atoms with E-state index in [0.717, 1.165) is 11.3 Å². The van der Waals surface area contributed by atoms with Crippen LogP contribution in [0.1, 0.15) is 21.5 Å². The Morgan fingerprint density at radius 2 is 1.95 bits per heavy atom. The van der Waals surface area contributed by atoms with E-state index in [1.807, 2.05) is 30.3 Å². The van der Waals surface area contributed by atoms with Crippen molar-refractivity contribution in [2.45, 2.75) is 0 Å². The largest absolute Gasteiger partial charge is 0.497 e. The first-order valence-corrected chi connectivity index (χ1v) is 5.70. The highest BCUT2D eigenvalue weighted by molar-refractivity contribution is 5.93. The van der Waals surface area contributed by atoms with Crippen LogP contribution in [0, 0.1) is 0 Å². The molecule has 1 heterocycles. The van der Waals surface area contributed by atoms with Gasteiger partial charge in [0, 0.05) is 18.0 Å². The van der Waals surface area contributed by atoms with Gasteiger partial charge in [-0.2, -0.15) is 0 Å². The molecule has 1 N–H and O–H groups in total. The molecule has 2 aromatic rings. The van der Waals surface area contributed by atoms with Gasteiger partial charge >= 0.3 is 5.97 Å². The van der Waals surface area contributed by atoms with Gasteiger partial charge in [-0.05, 0) is 23.8 Å². The summed E-state index contributed by atoms with van der Waals surface area (Å²) in [6, 6.07) is 8.97. The maximum absolute atomic E-state index is 11.0.